The maximum Gasteiger partial charge on any atom is 0.308 e. The van der Waals surface area contributed by atoms with Crippen LogP contribution in [0.3, 0.4) is 0 Å². The van der Waals surface area contributed by atoms with E-state index in [0.717, 1.165) is 11.1 Å². The van der Waals surface area contributed by atoms with E-state index in [0.29, 0.717) is 19.4 Å². The Hall–Kier alpha value is -2.37. The number of aliphatic carboxylic acids is 1. The molecular formula is C20H28N2O4. The first kappa shape index (κ1) is 19.9. The van der Waals surface area contributed by atoms with E-state index in [1.807, 2.05) is 45.0 Å². The number of piperidine rings is 1. The number of benzene rings is 1. The van der Waals surface area contributed by atoms with Crippen molar-refractivity contribution in [1.29, 1.82) is 0 Å². The standard InChI is InChI=1S/C20H28N2O4/c1-14-8-5-6-10-16(14)20(2,3)19(26)21(4)13-17(23)22-11-7-9-15(12-22)18(24)25/h5-6,8,10,15H,7,9,11-13H2,1-4H3,(H,24,25). The number of hydrogen-bond acceptors (Lipinski definition) is 3. The number of aryl methyl sites for hydroxylation is 1. The van der Waals surface area contributed by atoms with Crippen LogP contribution in [0.2, 0.25) is 0 Å². The second-order valence-corrected chi connectivity index (χ2v) is 7.62. The number of nitrogens with zero attached hydrogens (tertiary/aromatic N) is 2. The van der Waals surface area contributed by atoms with Crippen LogP contribution < -0.4 is 0 Å². The lowest BCUT2D eigenvalue weighted by Crippen LogP contribution is -2.49. The molecule has 2 amide bonds. The minimum absolute atomic E-state index is 0.0412. The summed E-state index contributed by atoms with van der Waals surface area (Å²) in [4.78, 5) is 39.7. The third kappa shape index (κ3) is 4.23. The van der Waals surface area contributed by atoms with Crippen LogP contribution in [0.1, 0.15) is 37.8 Å². The van der Waals surface area contributed by atoms with Gasteiger partial charge in [0, 0.05) is 20.1 Å². The highest BCUT2D eigenvalue weighted by Crippen LogP contribution is 2.28. The molecule has 1 unspecified atom stereocenters. The van der Waals surface area contributed by atoms with E-state index < -0.39 is 17.3 Å². The quantitative estimate of drug-likeness (QED) is 0.872. The van der Waals surface area contributed by atoms with Gasteiger partial charge in [-0.25, -0.2) is 0 Å². The summed E-state index contributed by atoms with van der Waals surface area (Å²) in [6, 6.07) is 7.74. The number of carboxylic acid groups (broad SMARTS) is 1. The van der Waals surface area contributed by atoms with Crippen LogP contribution in [0.4, 0.5) is 0 Å². The van der Waals surface area contributed by atoms with Crippen molar-refractivity contribution in [3.05, 3.63) is 35.4 Å². The van der Waals surface area contributed by atoms with Crippen LogP contribution in [-0.2, 0) is 19.8 Å². The van der Waals surface area contributed by atoms with Crippen LogP contribution in [0.15, 0.2) is 24.3 Å². The maximum absolute atomic E-state index is 13.0. The topological polar surface area (TPSA) is 77.9 Å². The lowest BCUT2D eigenvalue weighted by Gasteiger charge is -2.34. The number of likely N-dealkylation sites (N-methyl/N-ethyl adjacent to an activating group) is 1. The zero-order chi connectivity index (χ0) is 19.5. The van der Waals surface area contributed by atoms with Crippen molar-refractivity contribution in [2.24, 2.45) is 5.92 Å². The van der Waals surface area contributed by atoms with Gasteiger partial charge < -0.3 is 14.9 Å². The monoisotopic (exact) mass is 360 g/mol. The molecule has 1 aromatic carbocycles. The molecule has 6 heteroatoms. The van der Waals surface area contributed by atoms with Crippen LogP contribution in [-0.4, -0.2) is 59.4 Å². The van der Waals surface area contributed by atoms with Crippen LogP contribution >= 0.6 is 0 Å². The third-order valence-electron chi connectivity index (χ3n) is 5.20. The van der Waals surface area contributed by atoms with Gasteiger partial charge >= 0.3 is 5.97 Å². The van der Waals surface area contributed by atoms with Crippen LogP contribution in [0.5, 0.6) is 0 Å². The summed E-state index contributed by atoms with van der Waals surface area (Å²) in [5.41, 5.74) is 1.23. The molecule has 26 heavy (non-hydrogen) atoms. The number of amides is 2. The molecular weight excluding hydrogens is 332 g/mol. The van der Waals surface area contributed by atoms with Gasteiger partial charge in [0.05, 0.1) is 17.9 Å². The SMILES string of the molecule is Cc1ccccc1C(C)(C)C(=O)N(C)CC(=O)N1CCCC(C(=O)O)C1. The number of carbonyl (C=O) groups excluding carboxylic acids is 2. The van der Waals surface area contributed by atoms with Crippen molar-refractivity contribution < 1.29 is 19.5 Å². The fraction of sp³-hybridized carbons (Fsp3) is 0.550. The second-order valence-electron chi connectivity index (χ2n) is 7.62. The molecule has 1 atom stereocenters. The minimum atomic E-state index is -0.868. The van der Waals surface area contributed by atoms with E-state index in [9.17, 15) is 14.4 Å². The van der Waals surface area contributed by atoms with Gasteiger partial charge in [-0.3, -0.25) is 14.4 Å². The molecule has 2 rings (SSSR count). The number of carboxylic acids is 1. The average Bonchev–Trinajstić information content (AvgIpc) is 2.61. The highest BCUT2D eigenvalue weighted by atomic mass is 16.4. The van der Waals surface area contributed by atoms with E-state index in [2.05, 4.69) is 0 Å². The Morgan fingerprint density at radius 1 is 1.27 bits per heavy atom. The first-order chi connectivity index (χ1) is 12.1. The van der Waals surface area contributed by atoms with Crippen molar-refractivity contribution in [2.75, 3.05) is 26.7 Å². The molecule has 1 N–H and O–H groups in total. The molecule has 1 fully saturated rings. The molecule has 0 spiro atoms. The predicted octanol–water partition coefficient (Wildman–Crippen LogP) is 2.05. The molecule has 6 nitrogen and oxygen atoms in total. The molecule has 1 aliphatic rings. The van der Waals surface area contributed by atoms with Gasteiger partial charge in [-0.2, -0.15) is 0 Å². The Morgan fingerprint density at radius 3 is 2.54 bits per heavy atom. The number of rotatable bonds is 5. The lowest BCUT2D eigenvalue weighted by molar-refractivity contribution is -0.148. The number of carbonyl (C=O) groups is 3. The predicted molar refractivity (Wildman–Crippen MR) is 98.8 cm³/mol. The first-order valence-corrected chi connectivity index (χ1v) is 8.97. The van der Waals surface area contributed by atoms with Crippen LogP contribution in [0.25, 0.3) is 0 Å². The van der Waals surface area contributed by atoms with E-state index >= 15 is 0 Å². The molecule has 0 aliphatic carbocycles. The summed E-state index contributed by atoms with van der Waals surface area (Å²) in [5, 5.41) is 9.16. The summed E-state index contributed by atoms with van der Waals surface area (Å²) in [6.07, 6.45) is 1.27. The average molecular weight is 360 g/mol. The molecule has 1 aliphatic heterocycles. The molecule has 0 saturated carbocycles. The second kappa shape index (κ2) is 7.89. The fourth-order valence-electron chi connectivity index (χ4n) is 3.65. The Kier molecular flexibility index (Phi) is 6.05. The molecule has 0 bridgehead atoms. The van der Waals surface area contributed by atoms with Crippen molar-refractivity contribution >= 4 is 17.8 Å². The van der Waals surface area contributed by atoms with Crippen molar-refractivity contribution in [2.45, 2.75) is 39.0 Å². The zero-order valence-corrected chi connectivity index (χ0v) is 16.0. The number of hydrogen-bond donors (Lipinski definition) is 1. The van der Waals surface area contributed by atoms with E-state index in [-0.39, 0.29) is 24.9 Å². The molecule has 0 aromatic heterocycles. The largest absolute Gasteiger partial charge is 0.481 e. The smallest absolute Gasteiger partial charge is 0.308 e. The summed E-state index contributed by atoms with van der Waals surface area (Å²) in [7, 11) is 1.62. The number of likely N-dealkylation sites (tertiary alicyclic amines) is 1. The summed E-state index contributed by atoms with van der Waals surface area (Å²) >= 11 is 0. The van der Waals surface area contributed by atoms with Crippen LogP contribution in [0, 0.1) is 12.8 Å². The highest BCUT2D eigenvalue weighted by molar-refractivity contribution is 5.91. The van der Waals surface area contributed by atoms with Crippen molar-refractivity contribution in [3.8, 4) is 0 Å². The van der Waals surface area contributed by atoms with Crippen molar-refractivity contribution in [3.63, 3.8) is 0 Å². The Morgan fingerprint density at radius 2 is 1.92 bits per heavy atom. The van der Waals surface area contributed by atoms with Gasteiger partial charge in [0.25, 0.3) is 0 Å². The molecule has 1 heterocycles. The molecule has 142 valence electrons. The van der Waals surface area contributed by atoms with Gasteiger partial charge in [-0.1, -0.05) is 24.3 Å². The fourth-order valence-corrected chi connectivity index (χ4v) is 3.65. The zero-order valence-electron chi connectivity index (χ0n) is 16.0. The van der Waals surface area contributed by atoms with Gasteiger partial charge in [-0.05, 0) is 44.7 Å². The Balaban J connectivity index is 2.05. The van der Waals surface area contributed by atoms with E-state index in [1.165, 1.54) is 4.90 Å². The molecule has 1 saturated heterocycles. The highest BCUT2D eigenvalue weighted by Gasteiger charge is 2.35. The Bertz CT molecular complexity index is 699. The molecule has 0 radical (unpaired) electrons. The maximum atomic E-state index is 13.0. The van der Waals surface area contributed by atoms with Gasteiger partial charge in [0.2, 0.25) is 11.8 Å². The summed E-state index contributed by atoms with van der Waals surface area (Å²) < 4.78 is 0. The first-order valence-electron chi connectivity index (χ1n) is 8.97. The normalized spacial score (nSPS) is 17.7. The van der Waals surface area contributed by atoms with Crippen molar-refractivity contribution in [1.82, 2.24) is 9.80 Å². The Labute approximate surface area is 154 Å². The van der Waals surface area contributed by atoms with E-state index in [1.54, 1.807) is 11.9 Å². The summed E-state index contributed by atoms with van der Waals surface area (Å²) in [6.45, 7) is 6.42. The van der Waals surface area contributed by atoms with Gasteiger partial charge in [0.15, 0.2) is 0 Å². The third-order valence-corrected chi connectivity index (χ3v) is 5.20. The minimum Gasteiger partial charge on any atom is -0.481 e. The van der Waals surface area contributed by atoms with Gasteiger partial charge in [-0.15, -0.1) is 0 Å². The molecule has 1 aromatic rings. The van der Waals surface area contributed by atoms with Gasteiger partial charge in [0.1, 0.15) is 0 Å². The summed E-state index contributed by atoms with van der Waals surface area (Å²) in [5.74, 6) is -1.72. The van der Waals surface area contributed by atoms with E-state index in [4.69, 9.17) is 5.11 Å². The lowest BCUT2D eigenvalue weighted by atomic mass is 9.81.